The van der Waals surface area contributed by atoms with Crippen LogP contribution in [0.3, 0.4) is 0 Å². The summed E-state index contributed by atoms with van der Waals surface area (Å²) in [6.07, 6.45) is 2.60. The van der Waals surface area contributed by atoms with Gasteiger partial charge < -0.3 is 5.11 Å². The molecular weight excluding hydrogens is 222 g/mol. The second-order valence-corrected chi connectivity index (χ2v) is 4.68. The topological polar surface area (TPSA) is 74.7 Å². The van der Waals surface area contributed by atoms with Gasteiger partial charge in [-0.15, -0.1) is 0 Å². The van der Waals surface area contributed by atoms with Crippen LogP contribution in [0.5, 0.6) is 0 Å². The van der Waals surface area contributed by atoms with Gasteiger partial charge in [-0.1, -0.05) is 13.3 Å². The van der Waals surface area contributed by atoms with Crippen LogP contribution < -0.4 is 0 Å². The SMILES string of the molecule is CC(CCCC(C)N1C(=O)CCC1=O)C(=O)O. The van der Waals surface area contributed by atoms with Gasteiger partial charge in [0.2, 0.25) is 11.8 Å². The lowest BCUT2D eigenvalue weighted by atomic mass is 10.0. The molecule has 1 rings (SSSR count). The molecule has 2 unspecified atom stereocenters. The number of rotatable bonds is 6. The van der Waals surface area contributed by atoms with Crippen LogP contribution in [-0.2, 0) is 14.4 Å². The molecule has 0 saturated carbocycles. The van der Waals surface area contributed by atoms with Gasteiger partial charge in [0.05, 0.1) is 5.92 Å². The van der Waals surface area contributed by atoms with Crippen LogP contribution >= 0.6 is 0 Å². The Balaban J connectivity index is 2.34. The molecule has 96 valence electrons. The van der Waals surface area contributed by atoms with Crippen molar-refractivity contribution in [2.45, 2.75) is 52.0 Å². The summed E-state index contributed by atoms with van der Waals surface area (Å²) in [4.78, 5) is 34.8. The first-order valence-electron chi connectivity index (χ1n) is 6.01. The van der Waals surface area contributed by atoms with Crippen LogP contribution in [0.1, 0.15) is 46.0 Å². The van der Waals surface area contributed by atoms with E-state index in [1.165, 1.54) is 4.90 Å². The zero-order chi connectivity index (χ0) is 13.0. The Morgan fingerprint density at radius 2 is 1.76 bits per heavy atom. The predicted octanol–water partition coefficient (Wildman–Crippen LogP) is 1.41. The van der Waals surface area contributed by atoms with E-state index in [9.17, 15) is 14.4 Å². The number of hydrogen-bond donors (Lipinski definition) is 1. The molecule has 2 amide bonds. The lowest BCUT2D eigenvalue weighted by molar-refractivity contribution is -0.143. The maximum absolute atomic E-state index is 11.4. The third kappa shape index (κ3) is 3.54. The molecule has 0 aliphatic carbocycles. The molecule has 0 spiro atoms. The standard InChI is InChI=1S/C12H19NO4/c1-8(12(16)17)4-3-5-9(2)13-10(14)6-7-11(13)15/h8-9H,3-7H2,1-2H3,(H,16,17). The highest BCUT2D eigenvalue weighted by molar-refractivity contribution is 6.02. The van der Waals surface area contributed by atoms with E-state index in [4.69, 9.17) is 5.11 Å². The second-order valence-electron chi connectivity index (χ2n) is 4.68. The maximum Gasteiger partial charge on any atom is 0.306 e. The van der Waals surface area contributed by atoms with Crippen molar-refractivity contribution in [3.8, 4) is 0 Å². The minimum atomic E-state index is -0.800. The smallest absolute Gasteiger partial charge is 0.306 e. The average molecular weight is 241 g/mol. The first kappa shape index (κ1) is 13.7. The number of hydrogen-bond acceptors (Lipinski definition) is 3. The number of carbonyl (C=O) groups excluding carboxylic acids is 2. The highest BCUT2D eigenvalue weighted by Gasteiger charge is 2.32. The van der Waals surface area contributed by atoms with Gasteiger partial charge in [0, 0.05) is 18.9 Å². The molecule has 0 aromatic rings. The summed E-state index contributed by atoms with van der Waals surface area (Å²) in [7, 11) is 0. The van der Waals surface area contributed by atoms with Gasteiger partial charge >= 0.3 is 5.97 Å². The number of likely N-dealkylation sites (tertiary alicyclic amines) is 1. The number of imide groups is 1. The van der Waals surface area contributed by atoms with E-state index < -0.39 is 5.97 Å². The van der Waals surface area contributed by atoms with Crippen LogP contribution in [0, 0.1) is 5.92 Å². The average Bonchev–Trinajstić information content (AvgIpc) is 2.58. The minimum Gasteiger partial charge on any atom is -0.481 e. The third-order valence-corrected chi connectivity index (χ3v) is 3.21. The Morgan fingerprint density at radius 1 is 1.24 bits per heavy atom. The van der Waals surface area contributed by atoms with Crippen molar-refractivity contribution in [2.75, 3.05) is 0 Å². The number of carboxylic acid groups (broad SMARTS) is 1. The summed E-state index contributed by atoms with van der Waals surface area (Å²) in [5.74, 6) is -1.37. The summed E-state index contributed by atoms with van der Waals surface area (Å²) in [6.45, 7) is 3.51. The molecule has 0 bridgehead atoms. The van der Waals surface area contributed by atoms with Gasteiger partial charge in [0.25, 0.3) is 0 Å². The van der Waals surface area contributed by atoms with Crippen molar-refractivity contribution in [3.05, 3.63) is 0 Å². The van der Waals surface area contributed by atoms with Gasteiger partial charge in [-0.3, -0.25) is 19.3 Å². The Hall–Kier alpha value is -1.39. The lowest BCUT2D eigenvalue weighted by Gasteiger charge is -2.22. The molecule has 1 aliphatic heterocycles. The van der Waals surface area contributed by atoms with E-state index in [1.54, 1.807) is 6.92 Å². The van der Waals surface area contributed by atoms with Crippen molar-refractivity contribution in [2.24, 2.45) is 5.92 Å². The molecule has 1 N–H and O–H groups in total. The lowest BCUT2D eigenvalue weighted by Crippen LogP contribution is -2.37. The van der Waals surface area contributed by atoms with E-state index in [0.717, 1.165) is 0 Å². The largest absolute Gasteiger partial charge is 0.481 e. The van der Waals surface area contributed by atoms with E-state index >= 15 is 0 Å². The quantitative estimate of drug-likeness (QED) is 0.713. The zero-order valence-electron chi connectivity index (χ0n) is 10.3. The number of carboxylic acids is 1. The van der Waals surface area contributed by atoms with E-state index in [-0.39, 0.29) is 23.8 Å². The van der Waals surface area contributed by atoms with Crippen molar-refractivity contribution in [1.29, 1.82) is 0 Å². The molecule has 1 saturated heterocycles. The Labute approximate surface area is 101 Å². The van der Waals surface area contributed by atoms with Gasteiger partial charge in [-0.25, -0.2) is 0 Å². The molecule has 1 aliphatic rings. The van der Waals surface area contributed by atoms with E-state index in [1.807, 2.05) is 6.92 Å². The number of nitrogens with zero attached hydrogens (tertiary/aromatic N) is 1. The molecule has 1 heterocycles. The number of amides is 2. The molecule has 5 heteroatoms. The predicted molar refractivity (Wildman–Crippen MR) is 61.2 cm³/mol. The van der Waals surface area contributed by atoms with Gasteiger partial charge in [-0.05, 0) is 19.8 Å². The number of aliphatic carboxylic acids is 1. The molecule has 1 fully saturated rings. The fourth-order valence-corrected chi connectivity index (χ4v) is 2.06. The monoisotopic (exact) mass is 241 g/mol. The van der Waals surface area contributed by atoms with Gasteiger partial charge in [0.1, 0.15) is 0 Å². The van der Waals surface area contributed by atoms with Crippen molar-refractivity contribution in [3.63, 3.8) is 0 Å². The Bertz CT molecular complexity index is 310. The Morgan fingerprint density at radius 3 is 2.24 bits per heavy atom. The van der Waals surface area contributed by atoms with Crippen LogP contribution in [0.15, 0.2) is 0 Å². The summed E-state index contributed by atoms with van der Waals surface area (Å²) >= 11 is 0. The molecular formula is C12H19NO4. The van der Waals surface area contributed by atoms with Crippen LogP contribution in [0.25, 0.3) is 0 Å². The number of carbonyl (C=O) groups is 3. The maximum atomic E-state index is 11.4. The van der Waals surface area contributed by atoms with Crippen molar-refractivity contribution < 1.29 is 19.5 Å². The van der Waals surface area contributed by atoms with Gasteiger partial charge in [-0.2, -0.15) is 0 Å². The first-order valence-corrected chi connectivity index (χ1v) is 6.01. The fourth-order valence-electron chi connectivity index (χ4n) is 2.06. The fraction of sp³-hybridized carbons (Fsp3) is 0.750. The normalized spacial score (nSPS) is 19.5. The van der Waals surface area contributed by atoms with Gasteiger partial charge in [0.15, 0.2) is 0 Å². The van der Waals surface area contributed by atoms with E-state index in [0.29, 0.717) is 32.1 Å². The molecule has 2 atom stereocenters. The van der Waals surface area contributed by atoms with Crippen molar-refractivity contribution >= 4 is 17.8 Å². The summed E-state index contributed by atoms with van der Waals surface area (Å²) in [5, 5.41) is 8.72. The zero-order valence-corrected chi connectivity index (χ0v) is 10.3. The third-order valence-electron chi connectivity index (χ3n) is 3.21. The van der Waals surface area contributed by atoms with Crippen LogP contribution in [0.2, 0.25) is 0 Å². The highest BCUT2D eigenvalue weighted by Crippen LogP contribution is 2.19. The van der Waals surface area contributed by atoms with E-state index in [2.05, 4.69) is 0 Å². The molecule has 17 heavy (non-hydrogen) atoms. The van der Waals surface area contributed by atoms with Crippen LogP contribution in [0.4, 0.5) is 0 Å². The molecule has 0 radical (unpaired) electrons. The first-order chi connectivity index (χ1) is 7.93. The minimum absolute atomic E-state index is 0.103. The molecule has 0 aromatic heterocycles. The molecule has 0 aromatic carbocycles. The molecule has 5 nitrogen and oxygen atoms in total. The summed E-state index contributed by atoms with van der Waals surface area (Å²) < 4.78 is 0. The summed E-state index contributed by atoms with van der Waals surface area (Å²) in [5.41, 5.74) is 0. The highest BCUT2D eigenvalue weighted by atomic mass is 16.4. The Kier molecular flexibility index (Phi) is 4.66. The van der Waals surface area contributed by atoms with Crippen LogP contribution in [-0.4, -0.2) is 33.8 Å². The summed E-state index contributed by atoms with van der Waals surface area (Å²) in [6, 6.07) is -0.113. The second kappa shape index (κ2) is 5.80. The van der Waals surface area contributed by atoms with Crippen molar-refractivity contribution in [1.82, 2.24) is 4.90 Å².